The quantitative estimate of drug-likeness (QED) is 0.493. The largest absolute Gasteiger partial charge is 0.0852 e. The topological polar surface area (TPSA) is 0 Å². The van der Waals surface area contributed by atoms with Gasteiger partial charge in [0, 0.05) is 0 Å². The molecular formula is C7H8P2. The van der Waals surface area contributed by atoms with Gasteiger partial charge in [0.25, 0.3) is 0 Å². The Kier molecular flexibility index (Phi) is 1.53. The highest BCUT2D eigenvalue weighted by Gasteiger charge is 2.07. The van der Waals surface area contributed by atoms with Crippen molar-refractivity contribution >= 4 is 27.8 Å². The van der Waals surface area contributed by atoms with Gasteiger partial charge in [-0.25, -0.2) is 0 Å². The maximum absolute atomic E-state index is 2.26. The summed E-state index contributed by atoms with van der Waals surface area (Å²) in [6, 6.07) is 8.80. The summed E-state index contributed by atoms with van der Waals surface area (Å²) in [4.78, 5) is 0. The van der Waals surface area contributed by atoms with Gasteiger partial charge in [0.1, 0.15) is 0 Å². The second kappa shape index (κ2) is 2.37. The molecule has 9 heavy (non-hydrogen) atoms. The number of benzene rings is 1. The number of hydrogen-bond donors (Lipinski definition) is 0. The first-order valence-corrected chi connectivity index (χ1v) is 5.45. The summed E-state index contributed by atoms with van der Waals surface area (Å²) >= 11 is 0. The summed E-state index contributed by atoms with van der Waals surface area (Å²) in [6.07, 6.45) is 0. The van der Waals surface area contributed by atoms with Gasteiger partial charge in [-0.1, -0.05) is 41.4 Å². The van der Waals surface area contributed by atoms with Crippen molar-refractivity contribution in [3.63, 3.8) is 0 Å². The lowest BCUT2D eigenvalue weighted by molar-refractivity contribution is 1.84. The fourth-order valence-corrected chi connectivity index (χ4v) is 4.41. The van der Waals surface area contributed by atoms with Crippen molar-refractivity contribution in [1.82, 2.24) is 0 Å². The van der Waals surface area contributed by atoms with Crippen molar-refractivity contribution in [3.05, 3.63) is 24.3 Å². The minimum Gasteiger partial charge on any atom is -0.0852 e. The molecule has 0 aromatic heterocycles. The second-order valence-corrected chi connectivity index (χ2v) is 5.27. The van der Waals surface area contributed by atoms with E-state index in [1.807, 2.05) is 0 Å². The molecule has 2 rings (SSSR count). The third kappa shape index (κ3) is 1.02. The Morgan fingerprint density at radius 2 is 1.56 bits per heavy atom. The molecule has 2 atom stereocenters. The number of hydrogen-bond acceptors (Lipinski definition) is 0. The van der Waals surface area contributed by atoms with Crippen molar-refractivity contribution < 1.29 is 0 Å². The third-order valence-electron chi connectivity index (χ3n) is 1.48. The Bertz CT molecular complexity index is 197. The van der Waals surface area contributed by atoms with Crippen molar-refractivity contribution in [3.8, 4) is 0 Å². The molecule has 0 N–H and O–H groups in total. The molecule has 0 saturated heterocycles. The predicted octanol–water partition coefficient (Wildman–Crippen LogP) is 1.27. The third-order valence-corrected chi connectivity index (χ3v) is 4.78. The second-order valence-electron chi connectivity index (χ2n) is 2.08. The Labute approximate surface area is 58.6 Å². The van der Waals surface area contributed by atoms with Crippen LogP contribution in [0.2, 0.25) is 0 Å². The van der Waals surface area contributed by atoms with Crippen LogP contribution in [0.25, 0.3) is 0 Å². The highest BCUT2D eigenvalue weighted by Crippen LogP contribution is 2.29. The average molecular weight is 154 g/mol. The fraction of sp³-hybridized carbons (Fsp3) is 0.143. The molecule has 0 aliphatic carbocycles. The summed E-state index contributed by atoms with van der Waals surface area (Å²) in [7, 11) is 2.18. The van der Waals surface area contributed by atoms with Crippen LogP contribution in [0.5, 0.6) is 0 Å². The minimum absolute atomic E-state index is 1.09. The van der Waals surface area contributed by atoms with E-state index in [1.165, 1.54) is 5.90 Å². The van der Waals surface area contributed by atoms with Crippen molar-refractivity contribution in [2.24, 2.45) is 0 Å². The molecule has 0 saturated carbocycles. The van der Waals surface area contributed by atoms with Crippen LogP contribution in [0.15, 0.2) is 24.3 Å². The van der Waals surface area contributed by atoms with E-state index in [0.717, 1.165) is 17.2 Å². The van der Waals surface area contributed by atoms with Crippen LogP contribution in [0.1, 0.15) is 0 Å². The molecule has 1 aliphatic heterocycles. The van der Waals surface area contributed by atoms with Crippen LogP contribution in [-0.4, -0.2) is 5.90 Å². The molecule has 46 valence electrons. The Morgan fingerprint density at radius 1 is 1.00 bits per heavy atom. The molecular weight excluding hydrogens is 146 g/mol. The smallest absolute Gasteiger partial charge is 0.00943 e. The molecule has 1 heterocycles. The average Bonchev–Trinajstić information content (AvgIpc) is 2.33. The van der Waals surface area contributed by atoms with Gasteiger partial charge in [0.05, 0.1) is 0 Å². The van der Waals surface area contributed by atoms with Crippen molar-refractivity contribution in [1.29, 1.82) is 0 Å². The van der Waals surface area contributed by atoms with Crippen LogP contribution < -0.4 is 10.6 Å². The molecule has 0 nitrogen and oxygen atoms in total. The highest BCUT2D eigenvalue weighted by atomic mass is 31.1. The summed E-state index contributed by atoms with van der Waals surface area (Å²) in [5, 5.41) is 3.21. The monoisotopic (exact) mass is 154 g/mol. The van der Waals surface area contributed by atoms with E-state index in [0.29, 0.717) is 0 Å². The van der Waals surface area contributed by atoms with Crippen LogP contribution in [0.4, 0.5) is 0 Å². The molecule has 0 amide bonds. The van der Waals surface area contributed by atoms with Gasteiger partial charge >= 0.3 is 0 Å². The Balaban J connectivity index is 2.54. The predicted molar refractivity (Wildman–Crippen MR) is 47.2 cm³/mol. The molecule has 2 heteroatoms. The zero-order chi connectivity index (χ0) is 6.10. The van der Waals surface area contributed by atoms with Gasteiger partial charge in [-0.15, -0.1) is 0 Å². The standard InChI is InChI=1S/C7H8P2/c1-2-4-7-6(3-1)8-5-9-7/h1-4,8-9H,5H2. The first kappa shape index (κ1) is 5.83. The summed E-state index contributed by atoms with van der Waals surface area (Å²) in [5.41, 5.74) is 0. The molecule has 0 spiro atoms. The van der Waals surface area contributed by atoms with Crippen LogP contribution in [0.3, 0.4) is 0 Å². The normalized spacial score (nSPS) is 20.9. The first-order chi connectivity index (χ1) is 4.47. The van der Waals surface area contributed by atoms with E-state index in [2.05, 4.69) is 24.3 Å². The van der Waals surface area contributed by atoms with Crippen LogP contribution in [-0.2, 0) is 0 Å². The molecule has 0 bridgehead atoms. The molecule has 1 aromatic carbocycles. The maximum Gasteiger partial charge on any atom is -0.00943 e. The van der Waals surface area contributed by atoms with E-state index >= 15 is 0 Å². The van der Waals surface area contributed by atoms with E-state index in [-0.39, 0.29) is 0 Å². The number of fused-ring (bicyclic) bond motifs is 1. The van der Waals surface area contributed by atoms with Gasteiger partial charge in [-0.3, -0.25) is 0 Å². The van der Waals surface area contributed by atoms with Crippen molar-refractivity contribution in [2.45, 2.75) is 0 Å². The molecule has 2 unspecified atom stereocenters. The van der Waals surface area contributed by atoms with Gasteiger partial charge in [-0.05, 0) is 16.5 Å². The van der Waals surface area contributed by atoms with Crippen molar-refractivity contribution in [2.75, 3.05) is 5.90 Å². The summed E-state index contributed by atoms with van der Waals surface area (Å²) in [6.45, 7) is 0. The molecule has 0 radical (unpaired) electrons. The fourth-order valence-electron chi connectivity index (χ4n) is 1.03. The molecule has 0 fully saturated rings. The molecule has 1 aromatic rings. The highest BCUT2D eigenvalue weighted by molar-refractivity contribution is 7.70. The van der Waals surface area contributed by atoms with Crippen LogP contribution in [0, 0.1) is 0 Å². The lowest BCUT2D eigenvalue weighted by Crippen LogP contribution is -2.08. The summed E-state index contributed by atoms with van der Waals surface area (Å²) in [5.74, 6) is 1.42. The zero-order valence-electron chi connectivity index (χ0n) is 5.02. The SMILES string of the molecule is c1ccc2c(c1)PCP2. The lowest BCUT2D eigenvalue weighted by atomic mass is 10.4. The van der Waals surface area contributed by atoms with E-state index in [1.54, 1.807) is 10.6 Å². The van der Waals surface area contributed by atoms with E-state index < -0.39 is 0 Å². The van der Waals surface area contributed by atoms with Crippen LogP contribution >= 0.6 is 17.2 Å². The maximum atomic E-state index is 2.26. The summed E-state index contributed by atoms with van der Waals surface area (Å²) < 4.78 is 0. The minimum atomic E-state index is 1.09. The first-order valence-electron chi connectivity index (χ1n) is 3.03. The van der Waals surface area contributed by atoms with Gasteiger partial charge in [0.2, 0.25) is 0 Å². The number of rotatable bonds is 0. The van der Waals surface area contributed by atoms with E-state index in [4.69, 9.17) is 0 Å². The Morgan fingerprint density at radius 3 is 2.11 bits per heavy atom. The zero-order valence-corrected chi connectivity index (χ0v) is 7.02. The Hall–Kier alpha value is 0.0800. The van der Waals surface area contributed by atoms with E-state index in [9.17, 15) is 0 Å². The van der Waals surface area contributed by atoms with Gasteiger partial charge < -0.3 is 0 Å². The van der Waals surface area contributed by atoms with Gasteiger partial charge in [-0.2, -0.15) is 0 Å². The molecule has 1 aliphatic rings. The lowest BCUT2D eigenvalue weighted by Gasteiger charge is -1.92. The van der Waals surface area contributed by atoms with Gasteiger partial charge in [0.15, 0.2) is 0 Å².